The van der Waals surface area contributed by atoms with Crippen LogP contribution in [0.2, 0.25) is 0 Å². The van der Waals surface area contributed by atoms with Crippen molar-refractivity contribution in [1.29, 1.82) is 0 Å². The maximum absolute atomic E-state index is 12.6. The van der Waals surface area contributed by atoms with E-state index in [0.717, 1.165) is 35.1 Å². The minimum Gasteiger partial charge on any atom is -0.356 e. The first-order chi connectivity index (χ1) is 16.5. The highest BCUT2D eigenvalue weighted by Crippen LogP contribution is 2.32. The lowest BCUT2D eigenvalue weighted by Crippen LogP contribution is -2.33. The Bertz CT molecular complexity index is 1270. The van der Waals surface area contributed by atoms with Crippen LogP contribution < -0.4 is 15.8 Å². The molecule has 180 valence electrons. The number of anilines is 1. The SMILES string of the molecule is CSc1nc(N2CCCCC2)c2cnn(CCNC(=O)CC3CSc4ncc(C)c(=O)n43)c2n1. The number of piperidine rings is 1. The number of carbonyl (C=O) groups is 1. The molecule has 0 saturated carbocycles. The lowest BCUT2D eigenvalue weighted by atomic mass is 10.1. The van der Waals surface area contributed by atoms with Crippen LogP contribution in [0, 0.1) is 6.92 Å². The van der Waals surface area contributed by atoms with Crippen molar-refractivity contribution in [2.45, 2.75) is 55.5 Å². The maximum Gasteiger partial charge on any atom is 0.257 e. The summed E-state index contributed by atoms with van der Waals surface area (Å²) in [7, 11) is 0. The minimum absolute atomic E-state index is 0.0652. The predicted molar refractivity (Wildman–Crippen MR) is 134 cm³/mol. The molecular formula is C22H28N8O2S2. The molecule has 0 aliphatic carbocycles. The number of nitrogens with zero attached hydrogens (tertiary/aromatic N) is 7. The van der Waals surface area contributed by atoms with Crippen LogP contribution in [0.3, 0.4) is 0 Å². The number of thioether (sulfide) groups is 2. The van der Waals surface area contributed by atoms with E-state index in [9.17, 15) is 9.59 Å². The Morgan fingerprint density at radius 1 is 1.24 bits per heavy atom. The van der Waals surface area contributed by atoms with Crippen LogP contribution in [-0.4, -0.2) is 66.8 Å². The van der Waals surface area contributed by atoms with Crippen LogP contribution in [0.1, 0.15) is 37.3 Å². The molecule has 1 fully saturated rings. The maximum atomic E-state index is 12.6. The minimum atomic E-state index is -0.172. The summed E-state index contributed by atoms with van der Waals surface area (Å²) < 4.78 is 3.49. The van der Waals surface area contributed by atoms with Gasteiger partial charge in [0.2, 0.25) is 5.91 Å². The van der Waals surface area contributed by atoms with E-state index in [1.165, 1.54) is 42.8 Å². The number of carbonyl (C=O) groups excluding carboxylic acids is 1. The van der Waals surface area contributed by atoms with Gasteiger partial charge < -0.3 is 10.2 Å². The van der Waals surface area contributed by atoms with Gasteiger partial charge in [0.1, 0.15) is 5.82 Å². The van der Waals surface area contributed by atoms with Crippen LogP contribution in [0.15, 0.2) is 27.5 Å². The van der Waals surface area contributed by atoms with E-state index in [-0.39, 0.29) is 23.9 Å². The van der Waals surface area contributed by atoms with Gasteiger partial charge in [-0.15, -0.1) is 0 Å². The van der Waals surface area contributed by atoms with Crippen molar-refractivity contribution >= 4 is 46.3 Å². The van der Waals surface area contributed by atoms with Gasteiger partial charge in [0, 0.05) is 43.6 Å². The lowest BCUT2D eigenvalue weighted by molar-refractivity contribution is -0.121. The first-order valence-corrected chi connectivity index (χ1v) is 13.8. The summed E-state index contributed by atoms with van der Waals surface area (Å²) in [5, 5.41) is 9.89. The fourth-order valence-corrected chi connectivity index (χ4v) is 5.94. The molecule has 1 atom stereocenters. The van der Waals surface area contributed by atoms with E-state index < -0.39 is 0 Å². The number of amides is 1. The molecule has 3 aromatic heterocycles. The Labute approximate surface area is 205 Å². The van der Waals surface area contributed by atoms with Gasteiger partial charge in [-0.05, 0) is 32.4 Å². The van der Waals surface area contributed by atoms with Crippen molar-refractivity contribution in [2.24, 2.45) is 0 Å². The summed E-state index contributed by atoms with van der Waals surface area (Å²) in [5.41, 5.74) is 1.32. The molecule has 34 heavy (non-hydrogen) atoms. The van der Waals surface area contributed by atoms with Gasteiger partial charge in [0.25, 0.3) is 5.56 Å². The Hall–Kier alpha value is -2.60. The molecular weight excluding hydrogens is 472 g/mol. The highest BCUT2D eigenvalue weighted by Gasteiger charge is 2.27. The van der Waals surface area contributed by atoms with Gasteiger partial charge in [-0.3, -0.25) is 14.2 Å². The van der Waals surface area contributed by atoms with E-state index >= 15 is 0 Å². The quantitative estimate of drug-likeness (QED) is 0.386. The highest BCUT2D eigenvalue weighted by atomic mass is 32.2. The number of fused-ring (bicyclic) bond motifs is 2. The number of nitrogens with one attached hydrogen (secondary N) is 1. The zero-order valence-corrected chi connectivity index (χ0v) is 21.0. The van der Waals surface area contributed by atoms with Crippen LogP contribution in [0.5, 0.6) is 0 Å². The predicted octanol–water partition coefficient (Wildman–Crippen LogP) is 2.26. The average molecular weight is 501 g/mol. The second-order valence-corrected chi connectivity index (χ2v) is 10.4. The van der Waals surface area contributed by atoms with Crippen LogP contribution in [0.25, 0.3) is 11.0 Å². The number of hydrogen-bond acceptors (Lipinski definition) is 9. The van der Waals surface area contributed by atoms with Gasteiger partial charge in [-0.2, -0.15) is 5.10 Å². The molecule has 2 aliphatic rings. The monoisotopic (exact) mass is 500 g/mol. The van der Waals surface area contributed by atoms with Crippen LogP contribution >= 0.6 is 23.5 Å². The molecule has 5 heterocycles. The summed E-state index contributed by atoms with van der Waals surface area (Å²) >= 11 is 3.04. The van der Waals surface area contributed by atoms with E-state index in [1.807, 2.05) is 17.1 Å². The molecule has 1 N–H and O–H groups in total. The second-order valence-electron chi connectivity index (χ2n) is 8.60. The van der Waals surface area contributed by atoms with Gasteiger partial charge in [-0.1, -0.05) is 23.5 Å². The first kappa shape index (κ1) is 23.2. The highest BCUT2D eigenvalue weighted by molar-refractivity contribution is 7.99. The normalized spacial score (nSPS) is 17.8. The Kier molecular flexibility index (Phi) is 6.77. The summed E-state index contributed by atoms with van der Waals surface area (Å²) in [6.45, 7) is 4.70. The third kappa shape index (κ3) is 4.52. The van der Waals surface area contributed by atoms with Crippen molar-refractivity contribution in [3.05, 3.63) is 28.3 Å². The van der Waals surface area contributed by atoms with Gasteiger partial charge in [0.15, 0.2) is 16.0 Å². The largest absolute Gasteiger partial charge is 0.356 e. The second kappa shape index (κ2) is 9.95. The Morgan fingerprint density at radius 2 is 2.06 bits per heavy atom. The Morgan fingerprint density at radius 3 is 2.85 bits per heavy atom. The van der Waals surface area contributed by atoms with Gasteiger partial charge >= 0.3 is 0 Å². The van der Waals surface area contributed by atoms with E-state index in [2.05, 4.69) is 20.3 Å². The van der Waals surface area contributed by atoms with Gasteiger partial charge in [0.05, 0.1) is 24.2 Å². The molecule has 0 aromatic carbocycles. The fourth-order valence-electron chi connectivity index (χ4n) is 4.48. The fraction of sp³-hybridized carbons (Fsp3) is 0.545. The van der Waals surface area contributed by atoms with Crippen molar-refractivity contribution < 1.29 is 4.79 Å². The van der Waals surface area contributed by atoms with Crippen molar-refractivity contribution in [3.8, 4) is 0 Å². The molecule has 12 heteroatoms. The van der Waals surface area contributed by atoms with Crippen molar-refractivity contribution in [3.63, 3.8) is 0 Å². The summed E-state index contributed by atoms with van der Waals surface area (Å²) in [5.74, 6) is 1.55. The zero-order chi connectivity index (χ0) is 23.7. The zero-order valence-electron chi connectivity index (χ0n) is 19.4. The average Bonchev–Trinajstić information content (AvgIpc) is 3.46. The molecule has 1 amide bonds. The van der Waals surface area contributed by atoms with Crippen molar-refractivity contribution in [1.82, 2.24) is 34.6 Å². The molecule has 1 saturated heterocycles. The number of aryl methyl sites for hydroxylation is 1. The third-order valence-corrected chi connectivity index (χ3v) is 7.92. The number of aromatic nitrogens is 6. The van der Waals surface area contributed by atoms with E-state index in [0.29, 0.717) is 29.6 Å². The van der Waals surface area contributed by atoms with Gasteiger partial charge in [-0.25, -0.2) is 19.6 Å². The Balaban J connectivity index is 1.25. The molecule has 0 radical (unpaired) electrons. The smallest absolute Gasteiger partial charge is 0.257 e. The molecule has 5 rings (SSSR count). The van der Waals surface area contributed by atoms with Crippen LogP contribution in [0.4, 0.5) is 5.82 Å². The standard InChI is InChI=1S/C22H28N8O2S2/c1-14-11-24-22-30(20(14)32)15(13-34-22)10-17(31)23-6-9-29-19-16(12-25-29)18(26-21(27-19)33-2)28-7-4-3-5-8-28/h11-12,15H,3-10,13H2,1-2H3,(H,23,31). The molecule has 2 aliphatic heterocycles. The number of rotatable bonds is 7. The first-order valence-electron chi connectivity index (χ1n) is 11.6. The summed E-state index contributed by atoms with van der Waals surface area (Å²) in [6, 6.07) is -0.172. The molecule has 10 nitrogen and oxygen atoms in total. The summed E-state index contributed by atoms with van der Waals surface area (Å²) in [4.78, 5) is 41.3. The molecule has 0 spiro atoms. The van der Waals surface area contributed by atoms with Crippen LogP contribution in [-0.2, 0) is 11.3 Å². The molecule has 3 aromatic rings. The third-order valence-electron chi connectivity index (χ3n) is 6.26. The van der Waals surface area contributed by atoms with Crippen molar-refractivity contribution in [2.75, 3.05) is 36.5 Å². The topological polar surface area (TPSA) is 111 Å². The number of hydrogen-bond donors (Lipinski definition) is 1. The molecule has 0 bridgehead atoms. The summed E-state index contributed by atoms with van der Waals surface area (Å²) in [6.07, 6.45) is 9.26. The molecule has 1 unspecified atom stereocenters. The lowest BCUT2D eigenvalue weighted by Gasteiger charge is -2.28. The van der Waals surface area contributed by atoms with E-state index in [1.54, 1.807) is 17.7 Å². The van der Waals surface area contributed by atoms with E-state index in [4.69, 9.17) is 9.97 Å².